The fourth-order valence-corrected chi connectivity index (χ4v) is 7.04. The maximum absolute atomic E-state index is 14.2. The second kappa shape index (κ2) is 13.7. The number of hydroxylamine groups is 1. The SMILES string of the molecule is COc1cc2c(cc1ONCOc1ccc(-n3c(-c4ccccc4)nc4ccc(N5CCCCC5)cc4c3=O)cc1)N=C[C@@H]1CCCN1C2=O. The highest BCUT2D eigenvalue weighted by atomic mass is 16.7. The second-order valence-corrected chi connectivity index (χ2v) is 12.7. The normalized spacial score (nSPS) is 17.0. The Balaban J connectivity index is 1.01. The summed E-state index contributed by atoms with van der Waals surface area (Å²) in [6, 6.07) is 26.5. The molecule has 0 radical (unpaired) electrons. The van der Waals surface area contributed by atoms with E-state index in [9.17, 15) is 9.59 Å². The van der Waals surface area contributed by atoms with Crippen molar-refractivity contribution in [1.29, 1.82) is 0 Å². The van der Waals surface area contributed by atoms with Crippen molar-refractivity contribution in [2.75, 3.05) is 38.4 Å². The van der Waals surface area contributed by atoms with Crippen LogP contribution in [0.3, 0.4) is 0 Å². The minimum Gasteiger partial charge on any atom is -0.493 e. The Kier molecular flexibility index (Phi) is 8.64. The molecule has 0 unspecified atom stereocenters. The van der Waals surface area contributed by atoms with Gasteiger partial charge in [-0.3, -0.25) is 19.1 Å². The number of rotatable bonds is 9. The molecule has 0 aliphatic carbocycles. The molecular weight excluding hydrogens is 632 g/mol. The molecule has 1 amide bonds. The standard InChI is InChI=1S/C39H38N6O5/c1-48-35-22-32-34(40-24-29-11-8-20-44(29)38(32)46)23-36(35)50-41-25-49-30-15-12-27(13-16-30)45-37(26-9-4-2-5-10-26)42-33-17-14-28(21-31(33)39(45)47)43-18-6-3-7-19-43/h2,4-5,9-10,12-17,21-24,29,41H,3,6-8,11,18-20,25H2,1H3/t29-/m0/s1. The Labute approximate surface area is 289 Å². The van der Waals surface area contributed by atoms with Gasteiger partial charge in [-0.15, -0.1) is 5.48 Å². The first-order chi connectivity index (χ1) is 24.6. The Morgan fingerprint density at radius 2 is 1.64 bits per heavy atom. The quantitative estimate of drug-likeness (QED) is 0.111. The molecule has 3 aliphatic heterocycles. The third-order valence-corrected chi connectivity index (χ3v) is 9.64. The number of benzene rings is 4. The van der Waals surface area contributed by atoms with Gasteiger partial charge in [-0.2, -0.15) is 0 Å². The zero-order valence-corrected chi connectivity index (χ0v) is 27.9. The van der Waals surface area contributed by atoms with Gasteiger partial charge in [-0.1, -0.05) is 30.3 Å². The topological polar surface area (TPSA) is 111 Å². The van der Waals surface area contributed by atoms with E-state index in [0.29, 0.717) is 50.9 Å². The molecule has 2 fully saturated rings. The lowest BCUT2D eigenvalue weighted by Crippen LogP contribution is -2.35. The van der Waals surface area contributed by atoms with Gasteiger partial charge in [0.15, 0.2) is 18.2 Å². The van der Waals surface area contributed by atoms with Gasteiger partial charge in [-0.05, 0) is 80.6 Å². The molecule has 11 nitrogen and oxygen atoms in total. The van der Waals surface area contributed by atoms with Crippen molar-refractivity contribution in [2.45, 2.75) is 38.1 Å². The lowest BCUT2D eigenvalue weighted by Gasteiger charge is -2.29. The van der Waals surface area contributed by atoms with Crippen molar-refractivity contribution < 1.29 is 19.1 Å². The van der Waals surface area contributed by atoms with Crippen molar-refractivity contribution in [1.82, 2.24) is 19.9 Å². The zero-order chi connectivity index (χ0) is 34.0. The molecule has 5 aromatic rings. The molecule has 8 rings (SSSR count). The van der Waals surface area contributed by atoms with E-state index in [1.165, 1.54) is 13.5 Å². The number of ether oxygens (including phenoxy) is 2. The van der Waals surface area contributed by atoms with E-state index >= 15 is 0 Å². The van der Waals surface area contributed by atoms with Gasteiger partial charge in [0.2, 0.25) is 0 Å². The van der Waals surface area contributed by atoms with E-state index in [1.807, 2.05) is 77.8 Å². The number of carbonyl (C=O) groups is 1. The fraction of sp³-hybridized carbons (Fsp3) is 0.282. The summed E-state index contributed by atoms with van der Waals surface area (Å²) in [5, 5.41) is 0.582. The number of aromatic nitrogens is 2. The van der Waals surface area contributed by atoms with E-state index in [0.717, 1.165) is 56.6 Å². The Morgan fingerprint density at radius 1 is 0.840 bits per heavy atom. The molecule has 254 valence electrons. The summed E-state index contributed by atoms with van der Waals surface area (Å²) < 4.78 is 13.1. The summed E-state index contributed by atoms with van der Waals surface area (Å²) in [6.45, 7) is 2.72. The van der Waals surface area contributed by atoms with Crippen LogP contribution < -0.4 is 30.3 Å². The summed E-state index contributed by atoms with van der Waals surface area (Å²) in [6.07, 6.45) is 7.27. The Bertz CT molecular complexity index is 2130. The molecule has 0 spiro atoms. The predicted molar refractivity (Wildman–Crippen MR) is 193 cm³/mol. The number of amides is 1. The molecule has 2 saturated heterocycles. The predicted octanol–water partition coefficient (Wildman–Crippen LogP) is 6.29. The highest BCUT2D eigenvalue weighted by molar-refractivity contribution is 6.03. The average molecular weight is 671 g/mol. The fourth-order valence-electron chi connectivity index (χ4n) is 7.04. The molecule has 3 aliphatic rings. The summed E-state index contributed by atoms with van der Waals surface area (Å²) in [4.78, 5) is 47.0. The third-order valence-electron chi connectivity index (χ3n) is 9.64. The first kappa shape index (κ1) is 31.6. The van der Waals surface area contributed by atoms with Crippen LogP contribution in [0.1, 0.15) is 42.5 Å². The molecule has 1 atom stereocenters. The van der Waals surface area contributed by atoms with Gasteiger partial charge in [-0.25, -0.2) is 4.98 Å². The first-order valence-electron chi connectivity index (χ1n) is 17.1. The van der Waals surface area contributed by atoms with E-state index in [-0.39, 0.29) is 24.2 Å². The number of hydrogen-bond acceptors (Lipinski definition) is 9. The molecule has 1 aromatic heterocycles. The summed E-state index contributed by atoms with van der Waals surface area (Å²) in [5.74, 6) is 1.89. The average Bonchev–Trinajstić information content (AvgIpc) is 3.60. The van der Waals surface area contributed by atoms with Crippen molar-refractivity contribution in [2.24, 2.45) is 4.99 Å². The van der Waals surface area contributed by atoms with E-state index < -0.39 is 0 Å². The zero-order valence-electron chi connectivity index (χ0n) is 27.9. The molecule has 4 heterocycles. The first-order valence-corrected chi connectivity index (χ1v) is 17.1. The highest BCUT2D eigenvalue weighted by Gasteiger charge is 2.32. The number of aliphatic imine (C=N–C) groups is 1. The molecule has 50 heavy (non-hydrogen) atoms. The van der Waals surface area contributed by atoms with Gasteiger partial charge in [0.05, 0.1) is 41.0 Å². The minimum absolute atomic E-state index is 0.0153. The van der Waals surface area contributed by atoms with Crippen LogP contribution in [0.25, 0.3) is 28.0 Å². The van der Waals surface area contributed by atoms with Crippen molar-refractivity contribution in [3.05, 3.63) is 101 Å². The number of nitrogens with one attached hydrogen (secondary N) is 1. The molecule has 11 heteroatoms. The van der Waals surface area contributed by atoms with Gasteiger partial charge < -0.3 is 24.1 Å². The van der Waals surface area contributed by atoms with Crippen LogP contribution in [-0.4, -0.2) is 66.1 Å². The molecule has 1 N–H and O–H groups in total. The maximum Gasteiger partial charge on any atom is 0.266 e. The van der Waals surface area contributed by atoms with Gasteiger partial charge in [0.1, 0.15) is 11.6 Å². The van der Waals surface area contributed by atoms with Gasteiger partial charge >= 0.3 is 0 Å². The monoisotopic (exact) mass is 670 g/mol. The molecule has 4 aromatic carbocycles. The van der Waals surface area contributed by atoms with Crippen molar-refractivity contribution in [3.8, 4) is 34.3 Å². The summed E-state index contributed by atoms with van der Waals surface area (Å²) in [7, 11) is 1.53. The minimum atomic E-state index is -0.127. The molecule has 0 bridgehead atoms. The second-order valence-electron chi connectivity index (χ2n) is 12.7. The van der Waals surface area contributed by atoms with Gasteiger partial charge in [0, 0.05) is 43.2 Å². The van der Waals surface area contributed by atoms with Crippen molar-refractivity contribution in [3.63, 3.8) is 0 Å². The summed E-state index contributed by atoms with van der Waals surface area (Å²) >= 11 is 0. The van der Waals surface area contributed by atoms with Crippen LogP contribution >= 0.6 is 0 Å². The number of methoxy groups -OCH3 is 1. The van der Waals surface area contributed by atoms with Crippen LogP contribution in [0.2, 0.25) is 0 Å². The summed E-state index contributed by atoms with van der Waals surface area (Å²) in [5.41, 5.74) is 6.96. The van der Waals surface area contributed by atoms with Crippen LogP contribution in [0.5, 0.6) is 17.2 Å². The molecule has 0 saturated carbocycles. The van der Waals surface area contributed by atoms with E-state index in [2.05, 4.69) is 21.4 Å². The van der Waals surface area contributed by atoms with Crippen LogP contribution in [0, 0.1) is 0 Å². The third kappa shape index (κ3) is 6.05. The number of fused-ring (bicyclic) bond motifs is 3. The van der Waals surface area contributed by atoms with Crippen LogP contribution in [0.4, 0.5) is 11.4 Å². The van der Waals surface area contributed by atoms with E-state index in [1.54, 1.807) is 16.7 Å². The number of anilines is 1. The van der Waals surface area contributed by atoms with Crippen molar-refractivity contribution >= 4 is 34.4 Å². The van der Waals surface area contributed by atoms with Gasteiger partial charge in [0.25, 0.3) is 11.5 Å². The molecular formula is C39H38N6O5. The van der Waals surface area contributed by atoms with Crippen LogP contribution in [0.15, 0.2) is 94.7 Å². The Hall–Kier alpha value is -5.68. The lowest BCUT2D eigenvalue weighted by atomic mass is 10.1. The number of piperidine rings is 1. The maximum atomic E-state index is 14.2. The number of carbonyl (C=O) groups excluding carboxylic acids is 1. The lowest BCUT2D eigenvalue weighted by molar-refractivity contribution is 0.0774. The van der Waals surface area contributed by atoms with E-state index in [4.69, 9.17) is 19.3 Å². The Morgan fingerprint density at radius 3 is 2.44 bits per heavy atom. The smallest absolute Gasteiger partial charge is 0.266 e. The largest absolute Gasteiger partial charge is 0.493 e. The number of hydrogen-bond donors (Lipinski definition) is 1. The number of nitrogens with zero attached hydrogens (tertiary/aromatic N) is 5. The highest BCUT2D eigenvalue weighted by Crippen LogP contribution is 2.38. The van der Waals surface area contributed by atoms with Crippen LogP contribution in [-0.2, 0) is 0 Å².